The Balaban J connectivity index is 1.43. The van der Waals surface area contributed by atoms with E-state index in [0.29, 0.717) is 24.0 Å². The molecule has 0 aliphatic carbocycles. The molecule has 4 heterocycles. The summed E-state index contributed by atoms with van der Waals surface area (Å²) < 4.78 is 6.37. The van der Waals surface area contributed by atoms with Crippen LogP contribution in [0, 0.1) is 12.8 Å². The van der Waals surface area contributed by atoms with Gasteiger partial charge in [0.15, 0.2) is 11.5 Å². The second kappa shape index (κ2) is 8.70. The number of H-pyrrole nitrogens is 1. The van der Waals surface area contributed by atoms with Crippen LogP contribution in [-0.2, 0) is 0 Å². The molecule has 0 radical (unpaired) electrons. The summed E-state index contributed by atoms with van der Waals surface area (Å²) in [5.74, 6) is 1.97. The highest BCUT2D eigenvalue weighted by Crippen LogP contribution is 2.32. The number of hydrogen-bond donors (Lipinski definition) is 2. The minimum absolute atomic E-state index is 0.0830. The minimum atomic E-state index is -0.0830. The Morgan fingerprint density at radius 3 is 2.91 bits per heavy atom. The van der Waals surface area contributed by atoms with Gasteiger partial charge in [-0.1, -0.05) is 18.2 Å². The summed E-state index contributed by atoms with van der Waals surface area (Å²) in [7, 11) is 2.18. The molecule has 32 heavy (non-hydrogen) atoms. The molecule has 0 unspecified atom stereocenters. The van der Waals surface area contributed by atoms with Crippen LogP contribution in [-0.4, -0.2) is 56.6 Å². The van der Waals surface area contributed by atoms with Crippen molar-refractivity contribution in [1.82, 2.24) is 29.8 Å². The number of rotatable bonds is 6. The zero-order valence-electron chi connectivity index (χ0n) is 18.8. The molecule has 0 saturated carbocycles. The summed E-state index contributed by atoms with van der Waals surface area (Å²) in [5.41, 5.74) is 3.51. The van der Waals surface area contributed by atoms with Crippen LogP contribution in [0.15, 0.2) is 36.9 Å². The summed E-state index contributed by atoms with van der Waals surface area (Å²) in [4.78, 5) is 23.3. The quantitative estimate of drug-likeness (QED) is 0.475. The maximum absolute atomic E-state index is 6.37. The van der Waals surface area contributed by atoms with Gasteiger partial charge in [0.05, 0.1) is 24.7 Å². The highest BCUT2D eigenvalue weighted by molar-refractivity contribution is 5.90. The molecule has 1 atom stereocenters. The Morgan fingerprint density at radius 1 is 1.22 bits per heavy atom. The molecule has 5 rings (SSSR count). The van der Waals surface area contributed by atoms with Crippen molar-refractivity contribution < 1.29 is 4.74 Å². The van der Waals surface area contributed by atoms with E-state index in [2.05, 4.69) is 75.3 Å². The average Bonchev–Trinajstić information content (AvgIpc) is 3.28. The topological polar surface area (TPSA) is 91.9 Å². The lowest BCUT2D eigenvalue weighted by Gasteiger charge is -2.28. The van der Waals surface area contributed by atoms with Gasteiger partial charge in [-0.3, -0.25) is 0 Å². The molecule has 166 valence electrons. The van der Waals surface area contributed by atoms with Gasteiger partial charge in [0.1, 0.15) is 11.8 Å². The molecule has 8 heteroatoms. The molecular formula is C24H29N7O. The molecule has 1 fully saturated rings. The standard InChI is InChI=1S/C24H29N7O/c1-15-5-4-6-18-11-19(16(2)29-23-21-22(26-13-25-21)27-14-28-23)30-24(20(15)18)32-12-17-7-9-31(3)10-8-17/h4-6,11,13-14,16-17H,7-10,12H2,1-3H3,(H2,25,26,27,28,29)/t16-/m0/s1. The first-order valence-electron chi connectivity index (χ1n) is 11.2. The SMILES string of the molecule is Cc1cccc2cc([C@H](C)Nc3ncnc4[nH]cnc34)nc(OCC3CCN(C)CC3)c12. The number of hydrogen-bond acceptors (Lipinski definition) is 7. The van der Waals surface area contributed by atoms with Gasteiger partial charge in [-0.2, -0.15) is 0 Å². The monoisotopic (exact) mass is 431 g/mol. The molecule has 1 aromatic carbocycles. The number of piperidine rings is 1. The van der Waals surface area contributed by atoms with Crippen LogP contribution in [0.3, 0.4) is 0 Å². The summed E-state index contributed by atoms with van der Waals surface area (Å²) in [6.07, 6.45) is 5.49. The lowest BCUT2D eigenvalue weighted by Crippen LogP contribution is -2.32. The van der Waals surface area contributed by atoms with Crippen LogP contribution in [0.2, 0.25) is 0 Å². The number of aromatic nitrogens is 5. The van der Waals surface area contributed by atoms with Gasteiger partial charge in [0.2, 0.25) is 5.88 Å². The van der Waals surface area contributed by atoms with Crippen molar-refractivity contribution in [3.8, 4) is 5.88 Å². The molecule has 0 bridgehead atoms. The first kappa shape index (κ1) is 20.6. The third-order valence-corrected chi connectivity index (χ3v) is 6.36. The Kier molecular flexibility index (Phi) is 5.61. The van der Waals surface area contributed by atoms with E-state index in [0.717, 1.165) is 41.0 Å². The maximum atomic E-state index is 6.37. The zero-order chi connectivity index (χ0) is 22.1. The third-order valence-electron chi connectivity index (χ3n) is 6.36. The van der Waals surface area contributed by atoms with Gasteiger partial charge in [-0.05, 0) is 69.8 Å². The summed E-state index contributed by atoms with van der Waals surface area (Å²) in [6, 6.07) is 8.37. The van der Waals surface area contributed by atoms with Gasteiger partial charge < -0.3 is 19.9 Å². The highest BCUT2D eigenvalue weighted by Gasteiger charge is 2.20. The van der Waals surface area contributed by atoms with Crippen molar-refractivity contribution >= 4 is 27.8 Å². The van der Waals surface area contributed by atoms with E-state index in [1.165, 1.54) is 24.7 Å². The maximum Gasteiger partial charge on any atom is 0.221 e. The summed E-state index contributed by atoms with van der Waals surface area (Å²) in [5, 5.41) is 5.67. The number of benzene rings is 1. The fourth-order valence-corrected chi connectivity index (χ4v) is 4.37. The van der Waals surface area contributed by atoms with Crippen LogP contribution in [0.5, 0.6) is 5.88 Å². The third kappa shape index (κ3) is 4.10. The smallest absolute Gasteiger partial charge is 0.221 e. The van der Waals surface area contributed by atoms with E-state index in [9.17, 15) is 0 Å². The lowest BCUT2D eigenvalue weighted by atomic mass is 9.98. The Bertz CT molecular complexity index is 1230. The average molecular weight is 432 g/mol. The molecule has 2 N–H and O–H groups in total. The van der Waals surface area contributed by atoms with Crippen LogP contribution < -0.4 is 10.1 Å². The zero-order valence-corrected chi connectivity index (χ0v) is 18.8. The molecule has 1 saturated heterocycles. The van der Waals surface area contributed by atoms with Crippen LogP contribution >= 0.6 is 0 Å². The molecule has 4 aromatic rings. The summed E-state index contributed by atoms with van der Waals surface area (Å²) in [6.45, 7) is 7.15. The fourth-order valence-electron chi connectivity index (χ4n) is 4.37. The molecule has 3 aromatic heterocycles. The van der Waals surface area contributed by atoms with Gasteiger partial charge in [0, 0.05) is 5.39 Å². The first-order valence-corrected chi connectivity index (χ1v) is 11.2. The predicted molar refractivity (Wildman–Crippen MR) is 126 cm³/mol. The van der Waals surface area contributed by atoms with E-state index >= 15 is 0 Å². The number of aryl methyl sites for hydroxylation is 1. The first-order chi connectivity index (χ1) is 15.6. The Hall–Kier alpha value is -3.26. The van der Waals surface area contributed by atoms with E-state index in [-0.39, 0.29) is 6.04 Å². The van der Waals surface area contributed by atoms with Crippen molar-refractivity contribution in [3.05, 3.63) is 48.2 Å². The number of ether oxygens (including phenoxy) is 1. The van der Waals surface area contributed by atoms with Gasteiger partial charge >= 0.3 is 0 Å². The minimum Gasteiger partial charge on any atom is -0.477 e. The largest absolute Gasteiger partial charge is 0.477 e. The number of likely N-dealkylation sites (tertiary alicyclic amines) is 1. The molecular weight excluding hydrogens is 402 g/mol. The number of fused-ring (bicyclic) bond motifs is 2. The van der Waals surface area contributed by atoms with Gasteiger partial charge in [0.25, 0.3) is 0 Å². The number of aromatic amines is 1. The number of nitrogens with zero attached hydrogens (tertiary/aromatic N) is 5. The second-order valence-corrected chi connectivity index (χ2v) is 8.77. The van der Waals surface area contributed by atoms with Crippen molar-refractivity contribution in [3.63, 3.8) is 0 Å². The molecule has 8 nitrogen and oxygen atoms in total. The van der Waals surface area contributed by atoms with Crippen molar-refractivity contribution in [1.29, 1.82) is 0 Å². The highest BCUT2D eigenvalue weighted by atomic mass is 16.5. The van der Waals surface area contributed by atoms with E-state index in [4.69, 9.17) is 9.72 Å². The Labute approximate surface area is 187 Å². The van der Waals surface area contributed by atoms with E-state index in [1.54, 1.807) is 6.33 Å². The molecule has 1 aliphatic heterocycles. The number of pyridine rings is 1. The van der Waals surface area contributed by atoms with Crippen molar-refractivity contribution in [2.24, 2.45) is 5.92 Å². The molecule has 0 amide bonds. The lowest BCUT2D eigenvalue weighted by molar-refractivity contribution is 0.158. The predicted octanol–water partition coefficient (Wildman–Crippen LogP) is 4.10. The second-order valence-electron chi connectivity index (χ2n) is 8.77. The molecule has 1 aliphatic rings. The van der Waals surface area contributed by atoms with Crippen molar-refractivity contribution in [2.45, 2.75) is 32.7 Å². The van der Waals surface area contributed by atoms with Gasteiger partial charge in [-0.15, -0.1) is 0 Å². The van der Waals surface area contributed by atoms with Crippen LogP contribution in [0.25, 0.3) is 21.9 Å². The van der Waals surface area contributed by atoms with Crippen molar-refractivity contribution in [2.75, 3.05) is 32.1 Å². The Morgan fingerprint density at radius 2 is 2.06 bits per heavy atom. The molecule has 0 spiro atoms. The van der Waals surface area contributed by atoms with E-state index < -0.39 is 0 Å². The normalized spacial score (nSPS) is 16.5. The van der Waals surface area contributed by atoms with Crippen LogP contribution in [0.1, 0.15) is 37.1 Å². The fraction of sp³-hybridized carbons (Fsp3) is 0.417. The van der Waals surface area contributed by atoms with E-state index in [1.807, 2.05) is 0 Å². The number of imidazole rings is 1. The number of nitrogens with one attached hydrogen (secondary N) is 2. The number of anilines is 1. The summed E-state index contributed by atoms with van der Waals surface area (Å²) >= 11 is 0. The van der Waals surface area contributed by atoms with Crippen LogP contribution in [0.4, 0.5) is 5.82 Å². The van der Waals surface area contributed by atoms with Gasteiger partial charge in [-0.25, -0.2) is 19.9 Å².